The van der Waals surface area contributed by atoms with Crippen molar-refractivity contribution in [2.24, 2.45) is 4.99 Å². The SMILES string of the molecule is O=C1Cc2ccccc2C(c2ccccc2)=NC1Nc1nnc(-c2ccc(C(F)(F)F)cc2)o1. The number of aliphatic imine (C=N–C) groups is 1. The second kappa shape index (κ2) is 8.58. The lowest BCUT2D eigenvalue weighted by Gasteiger charge is -2.11. The maximum atomic E-state index is 13.0. The van der Waals surface area contributed by atoms with Gasteiger partial charge in [-0.3, -0.25) is 9.79 Å². The highest BCUT2D eigenvalue weighted by Crippen LogP contribution is 2.31. The number of rotatable bonds is 4. The van der Waals surface area contributed by atoms with Gasteiger partial charge >= 0.3 is 12.2 Å². The summed E-state index contributed by atoms with van der Waals surface area (Å²) in [5.74, 6) is -0.166. The fraction of sp³-hybridized carbons (Fsp3) is 0.120. The monoisotopic (exact) mass is 462 g/mol. The van der Waals surface area contributed by atoms with Crippen LogP contribution in [0.15, 0.2) is 88.3 Å². The molecule has 3 aromatic carbocycles. The van der Waals surface area contributed by atoms with Crippen LogP contribution in [0.5, 0.6) is 0 Å². The van der Waals surface area contributed by atoms with Crippen LogP contribution in [0, 0.1) is 0 Å². The van der Waals surface area contributed by atoms with Crippen molar-refractivity contribution in [2.45, 2.75) is 18.8 Å². The molecule has 0 saturated carbocycles. The lowest BCUT2D eigenvalue weighted by Crippen LogP contribution is -2.29. The molecule has 2 heterocycles. The highest BCUT2D eigenvalue weighted by molar-refractivity contribution is 6.16. The Morgan fingerprint density at radius 3 is 2.29 bits per heavy atom. The van der Waals surface area contributed by atoms with E-state index >= 15 is 0 Å². The van der Waals surface area contributed by atoms with Crippen molar-refractivity contribution in [3.05, 3.63) is 101 Å². The third kappa shape index (κ3) is 4.32. The molecular formula is C25H17F3N4O2. The number of alkyl halides is 3. The van der Waals surface area contributed by atoms with E-state index in [1.807, 2.05) is 54.6 Å². The number of hydrogen-bond donors (Lipinski definition) is 1. The van der Waals surface area contributed by atoms with E-state index in [0.29, 0.717) is 11.3 Å². The highest BCUT2D eigenvalue weighted by Gasteiger charge is 2.30. The largest absolute Gasteiger partial charge is 0.416 e. The number of nitrogens with one attached hydrogen (secondary N) is 1. The molecule has 0 amide bonds. The van der Waals surface area contributed by atoms with E-state index in [9.17, 15) is 18.0 Å². The van der Waals surface area contributed by atoms with E-state index < -0.39 is 17.9 Å². The normalized spacial score (nSPS) is 15.9. The van der Waals surface area contributed by atoms with E-state index in [0.717, 1.165) is 28.8 Å². The summed E-state index contributed by atoms with van der Waals surface area (Å²) in [6.45, 7) is 0. The van der Waals surface area contributed by atoms with E-state index in [2.05, 4.69) is 20.5 Å². The molecule has 1 aromatic heterocycles. The second-order valence-electron chi connectivity index (χ2n) is 7.68. The Hall–Kier alpha value is -4.27. The van der Waals surface area contributed by atoms with Crippen LogP contribution in [0.4, 0.5) is 19.2 Å². The van der Waals surface area contributed by atoms with Crippen molar-refractivity contribution < 1.29 is 22.4 Å². The van der Waals surface area contributed by atoms with Gasteiger partial charge in [0.1, 0.15) is 0 Å². The maximum absolute atomic E-state index is 13.0. The number of nitrogens with zero attached hydrogens (tertiary/aromatic N) is 3. The lowest BCUT2D eigenvalue weighted by atomic mass is 9.96. The molecule has 34 heavy (non-hydrogen) atoms. The predicted octanol–water partition coefficient (Wildman–Crippen LogP) is 5.16. The first-order chi connectivity index (χ1) is 16.4. The van der Waals surface area contributed by atoms with Gasteiger partial charge in [0, 0.05) is 23.1 Å². The quantitative estimate of drug-likeness (QED) is 0.453. The Labute approximate surface area is 192 Å². The fourth-order valence-corrected chi connectivity index (χ4v) is 3.72. The first-order valence-corrected chi connectivity index (χ1v) is 10.4. The standard InChI is InChI=1S/C25H17F3N4O2/c26-25(27,28)18-12-10-16(11-13-18)23-31-32-24(34-23)30-22-20(33)14-17-8-4-5-9-19(17)21(29-22)15-6-2-1-3-7-15/h1-13,22H,14H2,(H,30,32). The van der Waals surface area contributed by atoms with Gasteiger partial charge in [-0.05, 0) is 29.8 Å². The van der Waals surface area contributed by atoms with E-state index in [1.54, 1.807) is 0 Å². The molecule has 0 spiro atoms. The molecule has 170 valence electrons. The van der Waals surface area contributed by atoms with Crippen molar-refractivity contribution >= 4 is 17.5 Å². The summed E-state index contributed by atoms with van der Waals surface area (Å²) in [7, 11) is 0. The van der Waals surface area contributed by atoms with Crippen molar-refractivity contribution in [1.82, 2.24) is 10.2 Å². The van der Waals surface area contributed by atoms with E-state index in [4.69, 9.17) is 4.42 Å². The Kier molecular flexibility index (Phi) is 5.45. The van der Waals surface area contributed by atoms with Crippen molar-refractivity contribution in [1.29, 1.82) is 0 Å². The minimum absolute atomic E-state index is 0.0212. The molecule has 0 fully saturated rings. The molecule has 0 radical (unpaired) electrons. The molecule has 5 rings (SSSR count). The smallest absolute Gasteiger partial charge is 0.403 e. The topological polar surface area (TPSA) is 80.4 Å². The zero-order valence-corrected chi connectivity index (χ0v) is 17.6. The van der Waals surface area contributed by atoms with Crippen molar-refractivity contribution in [3.8, 4) is 11.5 Å². The number of aromatic nitrogens is 2. The van der Waals surface area contributed by atoms with Gasteiger partial charge in [0.05, 0.1) is 11.3 Å². The number of carbonyl (C=O) groups is 1. The van der Waals surface area contributed by atoms with E-state index in [1.165, 1.54) is 12.1 Å². The molecule has 4 aromatic rings. The minimum Gasteiger partial charge on any atom is -0.403 e. The first kappa shape index (κ1) is 21.6. The molecule has 1 N–H and O–H groups in total. The number of ketones is 1. The predicted molar refractivity (Wildman–Crippen MR) is 119 cm³/mol. The zero-order valence-electron chi connectivity index (χ0n) is 17.6. The van der Waals surface area contributed by atoms with Gasteiger partial charge in [0.2, 0.25) is 5.89 Å². The average molecular weight is 462 g/mol. The van der Waals surface area contributed by atoms with Gasteiger partial charge < -0.3 is 9.73 Å². The summed E-state index contributed by atoms with van der Waals surface area (Å²) < 4.78 is 44.0. The second-order valence-corrected chi connectivity index (χ2v) is 7.68. The van der Waals surface area contributed by atoms with Crippen LogP contribution in [-0.4, -0.2) is 27.9 Å². The molecule has 6 nitrogen and oxygen atoms in total. The van der Waals surface area contributed by atoms with Crippen LogP contribution < -0.4 is 5.32 Å². The molecule has 0 aliphatic carbocycles. The first-order valence-electron chi connectivity index (χ1n) is 10.4. The number of hydrogen-bond acceptors (Lipinski definition) is 6. The summed E-state index contributed by atoms with van der Waals surface area (Å²) >= 11 is 0. The van der Waals surface area contributed by atoms with Crippen LogP contribution in [0.25, 0.3) is 11.5 Å². The number of fused-ring (bicyclic) bond motifs is 1. The molecule has 1 atom stereocenters. The van der Waals surface area contributed by atoms with Gasteiger partial charge in [-0.2, -0.15) is 13.2 Å². The molecule has 1 aliphatic rings. The number of halogens is 3. The van der Waals surface area contributed by atoms with Crippen LogP contribution in [-0.2, 0) is 17.4 Å². The molecule has 1 unspecified atom stereocenters. The Morgan fingerprint density at radius 2 is 1.56 bits per heavy atom. The Morgan fingerprint density at radius 1 is 0.853 bits per heavy atom. The van der Waals surface area contributed by atoms with Crippen molar-refractivity contribution in [2.75, 3.05) is 5.32 Å². The number of Topliss-reactive ketones (excluding diaryl/α,β-unsaturated/α-hetero) is 1. The Balaban J connectivity index is 1.44. The summed E-state index contributed by atoms with van der Waals surface area (Å²) in [5.41, 5.74) is 2.77. The van der Waals surface area contributed by atoms with Crippen LogP contribution in [0.2, 0.25) is 0 Å². The number of benzene rings is 3. The fourth-order valence-electron chi connectivity index (χ4n) is 3.72. The minimum atomic E-state index is -4.44. The van der Waals surface area contributed by atoms with Crippen molar-refractivity contribution in [3.63, 3.8) is 0 Å². The maximum Gasteiger partial charge on any atom is 0.416 e. The van der Waals surface area contributed by atoms with Gasteiger partial charge in [-0.15, -0.1) is 5.10 Å². The molecule has 1 aliphatic heterocycles. The summed E-state index contributed by atoms with van der Waals surface area (Å²) in [6, 6.07) is 21.4. The van der Waals surface area contributed by atoms with Gasteiger partial charge in [0.25, 0.3) is 0 Å². The van der Waals surface area contributed by atoms with Crippen LogP contribution in [0.1, 0.15) is 22.3 Å². The Bertz CT molecular complexity index is 1360. The molecule has 9 heteroatoms. The lowest BCUT2D eigenvalue weighted by molar-refractivity contribution is -0.137. The summed E-state index contributed by atoms with van der Waals surface area (Å²) in [6.07, 6.45) is -5.26. The van der Waals surface area contributed by atoms with Crippen LogP contribution >= 0.6 is 0 Å². The average Bonchev–Trinajstić information content (AvgIpc) is 3.25. The van der Waals surface area contributed by atoms with Crippen LogP contribution in [0.3, 0.4) is 0 Å². The number of carbonyl (C=O) groups excluding carboxylic acids is 1. The third-order valence-corrected chi connectivity index (χ3v) is 5.39. The highest BCUT2D eigenvalue weighted by atomic mass is 19.4. The zero-order chi connectivity index (χ0) is 23.7. The van der Waals surface area contributed by atoms with Gasteiger partial charge in [-0.1, -0.05) is 59.7 Å². The van der Waals surface area contributed by atoms with Gasteiger partial charge in [0.15, 0.2) is 11.9 Å². The summed E-state index contributed by atoms with van der Waals surface area (Å²) in [5, 5.41) is 10.7. The third-order valence-electron chi connectivity index (χ3n) is 5.39. The van der Waals surface area contributed by atoms with E-state index in [-0.39, 0.29) is 24.1 Å². The molecule has 0 bridgehead atoms. The number of anilines is 1. The van der Waals surface area contributed by atoms with Gasteiger partial charge in [-0.25, -0.2) is 0 Å². The summed E-state index contributed by atoms with van der Waals surface area (Å²) in [4.78, 5) is 17.7. The molecule has 0 saturated heterocycles. The molecular weight excluding hydrogens is 445 g/mol.